The molecule has 14 nitrogen and oxygen atoms in total. The zero-order chi connectivity index (χ0) is 42.6. The second-order valence-electron chi connectivity index (χ2n) is 12.6. The van der Waals surface area contributed by atoms with Gasteiger partial charge in [-0.3, -0.25) is 0 Å². The number of rotatable bonds is 8. The SMILES string of the molecule is Cc1nnc(-c2cc(F)cc(OC3=NO[C@@H](c4ccc(OC(F)(F)F)cc4)C3)c2)o1.Cc1nnc(-c2cc(F)cc(OC3=NO[C@H](c4ccc(OC(F)(F)F)cc4)C3)c2)o1. The van der Waals surface area contributed by atoms with Gasteiger partial charge in [-0.25, -0.2) is 8.78 Å². The maximum Gasteiger partial charge on any atom is 0.573 e. The van der Waals surface area contributed by atoms with Crippen molar-refractivity contribution in [3.05, 3.63) is 119 Å². The molecule has 4 heterocycles. The summed E-state index contributed by atoms with van der Waals surface area (Å²) < 4.78 is 131. The third-order valence-corrected chi connectivity index (χ3v) is 8.01. The van der Waals surface area contributed by atoms with Crippen LogP contribution in [-0.4, -0.2) is 44.9 Å². The molecular weight excluding hydrogens is 820 g/mol. The van der Waals surface area contributed by atoms with Crippen molar-refractivity contribution < 1.29 is 72.6 Å². The minimum Gasteiger partial charge on any atom is -0.439 e. The van der Waals surface area contributed by atoms with E-state index in [1.807, 2.05) is 0 Å². The number of alkyl halides is 6. The summed E-state index contributed by atoms with van der Waals surface area (Å²) in [6, 6.07) is 18.2. The lowest BCUT2D eigenvalue weighted by molar-refractivity contribution is -0.275. The van der Waals surface area contributed by atoms with Crippen LogP contribution >= 0.6 is 0 Å². The van der Waals surface area contributed by atoms with Crippen LogP contribution < -0.4 is 18.9 Å². The molecule has 0 saturated carbocycles. The molecule has 2 aromatic heterocycles. The van der Waals surface area contributed by atoms with Crippen LogP contribution in [0.2, 0.25) is 0 Å². The Kier molecular flexibility index (Phi) is 11.5. The van der Waals surface area contributed by atoms with E-state index < -0.39 is 36.6 Å². The van der Waals surface area contributed by atoms with Gasteiger partial charge in [0.15, 0.2) is 12.2 Å². The molecule has 0 unspecified atom stereocenters. The lowest BCUT2D eigenvalue weighted by Crippen LogP contribution is -2.17. The van der Waals surface area contributed by atoms with Gasteiger partial charge in [-0.1, -0.05) is 34.6 Å². The van der Waals surface area contributed by atoms with E-state index in [4.69, 9.17) is 28.0 Å². The highest BCUT2D eigenvalue weighted by Crippen LogP contribution is 2.34. The molecule has 0 bridgehead atoms. The van der Waals surface area contributed by atoms with Crippen LogP contribution in [0.25, 0.3) is 22.9 Å². The maximum absolute atomic E-state index is 14.0. The van der Waals surface area contributed by atoms with Crippen molar-refractivity contribution in [2.45, 2.75) is 51.6 Å². The number of aryl methyl sites for hydroxylation is 2. The summed E-state index contributed by atoms with van der Waals surface area (Å²) in [5.41, 5.74) is 1.82. The summed E-state index contributed by atoms with van der Waals surface area (Å²) >= 11 is 0. The Hall–Kier alpha value is -7.26. The predicted octanol–water partition coefficient (Wildman–Crippen LogP) is 9.87. The quantitative estimate of drug-likeness (QED) is 0.134. The van der Waals surface area contributed by atoms with E-state index in [0.717, 1.165) is 12.1 Å². The molecule has 2 atom stereocenters. The van der Waals surface area contributed by atoms with E-state index >= 15 is 0 Å². The van der Waals surface area contributed by atoms with E-state index in [0.29, 0.717) is 34.0 Å². The fraction of sp³-hybridized carbons (Fsp3) is 0.211. The van der Waals surface area contributed by atoms with Gasteiger partial charge in [-0.2, -0.15) is 0 Å². The Morgan fingerprint density at radius 3 is 1.23 bits per heavy atom. The Bertz CT molecular complexity index is 2330. The zero-order valence-corrected chi connectivity index (χ0v) is 30.6. The van der Waals surface area contributed by atoms with Crippen LogP contribution in [0.4, 0.5) is 35.1 Å². The number of halogens is 8. The van der Waals surface area contributed by atoms with Crippen LogP contribution in [0.1, 0.15) is 48.0 Å². The third kappa shape index (κ3) is 11.0. The number of oxime groups is 2. The first-order valence-electron chi connectivity index (χ1n) is 17.2. The summed E-state index contributed by atoms with van der Waals surface area (Å²) in [6.45, 7) is 3.22. The number of hydrogen-bond acceptors (Lipinski definition) is 14. The molecule has 0 amide bonds. The smallest absolute Gasteiger partial charge is 0.439 e. The van der Waals surface area contributed by atoms with Gasteiger partial charge in [0.2, 0.25) is 35.4 Å². The van der Waals surface area contributed by atoms with Gasteiger partial charge in [0.1, 0.15) is 34.6 Å². The van der Waals surface area contributed by atoms with E-state index in [9.17, 15) is 35.1 Å². The highest BCUT2D eigenvalue weighted by atomic mass is 19.4. The number of aromatic nitrogens is 4. The molecular formula is C38H26F8N6O8. The molecule has 2 aliphatic rings. The number of hydrogen-bond donors (Lipinski definition) is 0. The van der Waals surface area contributed by atoms with Crippen molar-refractivity contribution in [2.24, 2.45) is 10.3 Å². The Morgan fingerprint density at radius 2 is 0.900 bits per heavy atom. The number of nitrogens with zero attached hydrogens (tertiary/aromatic N) is 6. The molecule has 312 valence electrons. The first kappa shape index (κ1) is 40.9. The lowest BCUT2D eigenvalue weighted by Gasteiger charge is -2.11. The van der Waals surface area contributed by atoms with E-state index in [-0.39, 0.29) is 59.4 Å². The average molecular weight is 847 g/mol. The summed E-state index contributed by atoms with van der Waals surface area (Å²) in [6.07, 6.45) is -10.3. The first-order chi connectivity index (χ1) is 28.5. The van der Waals surface area contributed by atoms with E-state index in [2.05, 4.69) is 40.2 Å². The van der Waals surface area contributed by atoms with E-state index in [1.54, 1.807) is 13.8 Å². The molecule has 4 aromatic carbocycles. The van der Waals surface area contributed by atoms with Crippen LogP contribution in [0.15, 0.2) is 104 Å². The Labute approximate surface area is 331 Å². The molecule has 0 spiro atoms. The van der Waals surface area contributed by atoms with Gasteiger partial charge in [0, 0.05) is 37.1 Å². The van der Waals surface area contributed by atoms with Gasteiger partial charge >= 0.3 is 12.7 Å². The van der Waals surface area contributed by atoms with Crippen molar-refractivity contribution in [3.8, 4) is 45.9 Å². The van der Waals surface area contributed by atoms with Crippen molar-refractivity contribution in [1.82, 2.24) is 20.4 Å². The van der Waals surface area contributed by atoms with Gasteiger partial charge in [-0.05, 0) is 59.7 Å². The predicted molar refractivity (Wildman–Crippen MR) is 188 cm³/mol. The normalized spacial score (nSPS) is 16.2. The van der Waals surface area contributed by atoms with Crippen LogP contribution in [0, 0.1) is 25.5 Å². The van der Waals surface area contributed by atoms with Gasteiger partial charge in [0.25, 0.3) is 0 Å². The molecule has 8 rings (SSSR count). The van der Waals surface area contributed by atoms with Crippen molar-refractivity contribution in [2.75, 3.05) is 0 Å². The fourth-order valence-corrected chi connectivity index (χ4v) is 5.55. The largest absolute Gasteiger partial charge is 0.573 e. The summed E-state index contributed by atoms with van der Waals surface area (Å²) in [7, 11) is 0. The maximum atomic E-state index is 14.0. The standard InChI is InChI=1S/2C19H13F4N3O4/c2*1-10-24-25-18(27-10)12-6-13(20)8-15(7-12)28-17-9-16(30-26-17)11-2-4-14(5-3-11)29-19(21,22)23/h2*2-8,16H,9H2,1H3/t2*16-/m10/s1. The molecule has 6 aromatic rings. The van der Waals surface area contributed by atoms with Crippen LogP contribution in [0.5, 0.6) is 23.0 Å². The topological polar surface area (TPSA) is 158 Å². The molecule has 0 radical (unpaired) electrons. The lowest BCUT2D eigenvalue weighted by atomic mass is 10.1. The summed E-state index contributed by atoms with van der Waals surface area (Å²) in [5, 5.41) is 22.7. The van der Waals surface area contributed by atoms with E-state index in [1.165, 1.54) is 72.8 Å². The molecule has 0 saturated heterocycles. The molecule has 60 heavy (non-hydrogen) atoms. The van der Waals surface area contributed by atoms with Crippen molar-refractivity contribution >= 4 is 11.8 Å². The summed E-state index contributed by atoms with van der Waals surface area (Å²) in [4.78, 5) is 10.6. The zero-order valence-electron chi connectivity index (χ0n) is 30.6. The average Bonchev–Trinajstić information content (AvgIpc) is 4.00. The van der Waals surface area contributed by atoms with Crippen LogP contribution in [0.3, 0.4) is 0 Å². The van der Waals surface area contributed by atoms with Crippen molar-refractivity contribution in [3.63, 3.8) is 0 Å². The Morgan fingerprint density at radius 1 is 0.517 bits per heavy atom. The van der Waals surface area contributed by atoms with Crippen molar-refractivity contribution in [1.29, 1.82) is 0 Å². The molecule has 22 heteroatoms. The first-order valence-corrected chi connectivity index (χ1v) is 17.2. The third-order valence-electron chi connectivity index (χ3n) is 8.01. The molecule has 0 aliphatic carbocycles. The number of ether oxygens (including phenoxy) is 4. The summed E-state index contributed by atoms with van der Waals surface area (Å²) in [5.74, 6) is -0.237. The molecule has 2 aliphatic heterocycles. The monoisotopic (exact) mass is 846 g/mol. The highest BCUT2D eigenvalue weighted by molar-refractivity contribution is 5.81. The van der Waals surface area contributed by atoms with Gasteiger partial charge < -0.3 is 37.5 Å². The van der Waals surface area contributed by atoms with Gasteiger partial charge in [0.05, 0.1) is 12.8 Å². The fourth-order valence-electron chi connectivity index (χ4n) is 5.55. The molecule has 0 fully saturated rings. The second-order valence-corrected chi connectivity index (χ2v) is 12.6. The highest BCUT2D eigenvalue weighted by Gasteiger charge is 2.33. The minimum absolute atomic E-state index is 0.139. The molecule has 0 N–H and O–H groups in total. The Balaban J connectivity index is 0.000000181. The van der Waals surface area contributed by atoms with Gasteiger partial charge in [-0.15, -0.1) is 46.7 Å². The minimum atomic E-state index is -4.76. The number of benzene rings is 4. The van der Waals surface area contributed by atoms with Crippen LogP contribution in [-0.2, 0) is 9.68 Å². The second kappa shape index (κ2) is 16.9.